The molecule has 0 radical (unpaired) electrons. The Hall–Kier alpha value is -3.81. The van der Waals surface area contributed by atoms with Crippen molar-refractivity contribution in [1.82, 2.24) is 4.90 Å². The predicted octanol–water partition coefficient (Wildman–Crippen LogP) is 6.91. The first kappa shape index (κ1) is 25.3. The van der Waals surface area contributed by atoms with E-state index in [-0.39, 0.29) is 11.7 Å². The Kier molecular flexibility index (Phi) is 7.33. The second-order valence-corrected chi connectivity index (χ2v) is 9.23. The molecule has 0 fully saturated rings. The molecule has 1 aliphatic rings. The van der Waals surface area contributed by atoms with E-state index < -0.39 is 17.8 Å². The molecule has 1 N–H and O–H groups in total. The lowest BCUT2D eigenvalue weighted by Crippen LogP contribution is -2.36. The van der Waals surface area contributed by atoms with Gasteiger partial charge in [0.25, 0.3) is 0 Å². The number of hydrogen-bond acceptors (Lipinski definition) is 3. The van der Waals surface area contributed by atoms with Gasteiger partial charge in [-0.1, -0.05) is 50.2 Å². The number of amides is 2. The van der Waals surface area contributed by atoms with E-state index in [1.54, 1.807) is 30.3 Å². The summed E-state index contributed by atoms with van der Waals surface area (Å²) >= 11 is 0. The van der Waals surface area contributed by atoms with E-state index in [1.165, 1.54) is 12.1 Å². The topological polar surface area (TPSA) is 58.6 Å². The summed E-state index contributed by atoms with van der Waals surface area (Å²) in [4.78, 5) is 26.9. The van der Waals surface area contributed by atoms with Gasteiger partial charge in [-0.2, -0.15) is 13.2 Å². The van der Waals surface area contributed by atoms with Crippen LogP contribution in [0.25, 0.3) is 11.1 Å². The van der Waals surface area contributed by atoms with Crippen LogP contribution in [-0.4, -0.2) is 23.4 Å². The number of anilines is 1. The third kappa shape index (κ3) is 6.05. The number of fused-ring (bicyclic) bond motifs is 1. The monoisotopic (exact) mass is 496 g/mol. The number of nitrogens with one attached hydrogen (secondary N) is 1. The minimum absolute atomic E-state index is 0.146. The summed E-state index contributed by atoms with van der Waals surface area (Å²) in [5.41, 5.74) is 2.92. The van der Waals surface area contributed by atoms with Gasteiger partial charge in [-0.05, 0) is 59.4 Å². The van der Waals surface area contributed by atoms with Crippen molar-refractivity contribution >= 4 is 17.7 Å². The van der Waals surface area contributed by atoms with Gasteiger partial charge >= 0.3 is 12.3 Å². The van der Waals surface area contributed by atoms with Crippen LogP contribution in [0.5, 0.6) is 5.75 Å². The van der Waals surface area contributed by atoms with Gasteiger partial charge in [0.05, 0.1) is 5.56 Å². The quantitative estimate of drug-likeness (QED) is 0.417. The molecule has 0 unspecified atom stereocenters. The maximum absolute atomic E-state index is 12.9. The molecule has 0 bridgehead atoms. The van der Waals surface area contributed by atoms with Crippen LogP contribution in [0.4, 0.5) is 23.7 Å². The molecule has 0 saturated heterocycles. The highest BCUT2D eigenvalue weighted by Crippen LogP contribution is 2.34. The minimum atomic E-state index is -4.43. The summed E-state index contributed by atoms with van der Waals surface area (Å²) < 4.78 is 44.2. The second-order valence-electron chi connectivity index (χ2n) is 9.23. The Labute approximate surface area is 207 Å². The minimum Gasteiger partial charge on any atom is -0.409 e. The highest BCUT2D eigenvalue weighted by Gasteiger charge is 2.30. The average Bonchev–Trinajstić information content (AvgIpc) is 2.83. The molecule has 0 aromatic heterocycles. The van der Waals surface area contributed by atoms with E-state index in [4.69, 9.17) is 4.74 Å². The van der Waals surface area contributed by atoms with Crippen LogP contribution in [0.15, 0.2) is 66.7 Å². The molecule has 5 nitrogen and oxygen atoms in total. The Balaban J connectivity index is 1.43. The van der Waals surface area contributed by atoms with Crippen LogP contribution >= 0.6 is 0 Å². The fraction of sp³-hybridized carbons (Fsp3) is 0.286. The lowest BCUT2D eigenvalue weighted by molar-refractivity contribution is -0.137. The van der Waals surface area contributed by atoms with E-state index in [9.17, 15) is 22.8 Å². The second kappa shape index (κ2) is 10.4. The number of hydrogen-bond donors (Lipinski definition) is 1. The summed E-state index contributed by atoms with van der Waals surface area (Å²) in [6.07, 6.45) is -3.92. The van der Waals surface area contributed by atoms with Crippen LogP contribution in [0.1, 0.15) is 37.0 Å². The van der Waals surface area contributed by atoms with Gasteiger partial charge in [0.1, 0.15) is 5.75 Å². The molecule has 3 aromatic rings. The molecule has 0 saturated carbocycles. The highest BCUT2D eigenvalue weighted by molar-refractivity contribution is 5.88. The standard InChI is InChI=1S/C28H27F3N2O3/c1-18(2)15-26(34)33-14-13-20-16-23(12-9-21(20)17-33)32-27(35)36-25-6-4-3-5-24(25)19-7-10-22(11-8-19)28(29,30)31/h3-12,16,18H,13-15,17H2,1-2H3,(H,32,35). The number of carbonyl (C=O) groups is 2. The van der Waals surface area contributed by atoms with Gasteiger partial charge in [-0.25, -0.2) is 4.79 Å². The molecule has 8 heteroatoms. The van der Waals surface area contributed by atoms with E-state index in [0.717, 1.165) is 23.3 Å². The molecule has 0 atom stereocenters. The zero-order valence-corrected chi connectivity index (χ0v) is 20.1. The highest BCUT2D eigenvalue weighted by atomic mass is 19.4. The molecule has 3 aromatic carbocycles. The van der Waals surface area contributed by atoms with Crippen molar-refractivity contribution in [1.29, 1.82) is 0 Å². The van der Waals surface area contributed by atoms with Crippen molar-refractivity contribution < 1.29 is 27.5 Å². The molecule has 0 aliphatic carbocycles. The van der Waals surface area contributed by atoms with Crippen molar-refractivity contribution in [3.05, 3.63) is 83.4 Å². The lowest BCUT2D eigenvalue weighted by Gasteiger charge is -2.29. The number of alkyl halides is 3. The molecule has 188 valence electrons. The lowest BCUT2D eigenvalue weighted by atomic mass is 9.98. The zero-order valence-electron chi connectivity index (χ0n) is 20.1. The van der Waals surface area contributed by atoms with Crippen LogP contribution in [-0.2, 0) is 23.9 Å². The van der Waals surface area contributed by atoms with E-state index >= 15 is 0 Å². The Morgan fingerprint density at radius 1 is 1.00 bits per heavy atom. The van der Waals surface area contributed by atoms with Crippen molar-refractivity contribution in [3.63, 3.8) is 0 Å². The molecular formula is C28H27F3N2O3. The maximum Gasteiger partial charge on any atom is 0.417 e. The smallest absolute Gasteiger partial charge is 0.409 e. The number of rotatable bonds is 5. The molecule has 36 heavy (non-hydrogen) atoms. The van der Waals surface area contributed by atoms with Crippen molar-refractivity contribution in [2.24, 2.45) is 5.92 Å². The normalized spacial score (nSPS) is 13.3. The molecule has 4 rings (SSSR count). The van der Waals surface area contributed by atoms with Crippen molar-refractivity contribution in [3.8, 4) is 16.9 Å². The summed E-state index contributed by atoms with van der Waals surface area (Å²) in [6, 6.07) is 16.9. The third-order valence-corrected chi connectivity index (χ3v) is 6.01. The van der Waals surface area contributed by atoms with Gasteiger partial charge in [0.2, 0.25) is 5.91 Å². The van der Waals surface area contributed by atoms with Crippen LogP contribution in [0.3, 0.4) is 0 Å². The van der Waals surface area contributed by atoms with Crippen molar-refractivity contribution in [2.45, 2.75) is 39.4 Å². The first-order chi connectivity index (χ1) is 17.1. The fourth-order valence-corrected chi connectivity index (χ4v) is 4.20. The number of benzene rings is 3. The van der Waals surface area contributed by atoms with Gasteiger partial charge in [0, 0.05) is 30.8 Å². The van der Waals surface area contributed by atoms with Crippen LogP contribution < -0.4 is 10.1 Å². The summed E-state index contributed by atoms with van der Waals surface area (Å²) in [7, 11) is 0. The van der Waals surface area contributed by atoms with Gasteiger partial charge in [0.15, 0.2) is 0 Å². The van der Waals surface area contributed by atoms with Crippen molar-refractivity contribution in [2.75, 3.05) is 11.9 Å². The van der Waals surface area contributed by atoms with Gasteiger partial charge in [-0.15, -0.1) is 0 Å². The summed E-state index contributed by atoms with van der Waals surface area (Å²) in [6.45, 7) is 5.22. The van der Waals surface area contributed by atoms with E-state index in [2.05, 4.69) is 5.32 Å². The average molecular weight is 497 g/mol. The van der Waals surface area contributed by atoms with Gasteiger partial charge in [-0.3, -0.25) is 10.1 Å². The Morgan fingerprint density at radius 2 is 1.72 bits per heavy atom. The molecule has 1 heterocycles. The third-order valence-electron chi connectivity index (χ3n) is 6.01. The maximum atomic E-state index is 12.9. The summed E-state index contributed by atoms with van der Waals surface area (Å²) in [5.74, 6) is 0.682. The molecule has 1 aliphatic heterocycles. The molecular weight excluding hydrogens is 469 g/mol. The number of para-hydroxylation sites is 1. The first-order valence-corrected chi connectivity index (χ1v) is 11.7. The molecule has 0 spiro atoms. The van der Waals surface area contributed by atoms with E-state index in [0.29, 0.717) is 48.7 Å². The Morgan fingerprint density at radius 3 is 2.42 bits per heavy atom. The SMILES string of the molecule is CC(C)CC(=O)N1CCc2cc(NC(=O)Oc3ccccc3-c3ccc(C(F)(F)F)cc3)ccc2C1. The Bertz CT molecular complexity index is 1250. The van der Waals surface area contributed by atoms with Gasteiger partial charge < -0.3 is 9.64 Å². The number of ether oxygens (including phenoxy) is 1. The molecule has 2 amide bonds. The van der Waals surface area contributed by atoms with Crippen LogP contribution in [0.2, 0.25) is 0 Å². The first-order valence-electron chi connectivity index (χ1n) is 11.7. The predicted molar refractivity (Wildman–Crippen MR) is 132 cm³/mol. The largest absolute Gasteiger partial charge is 0.417 e. The number of nitrogens with zero attached hydrogens (tertiary/aromatic N) is 1. The van der Waals surface area contributed by atoms with E-state index in [1.807, 2.05) is 30.9 Å². The number of halogens is 3. The zero-order chi connectivity index (χ0) is 25.9. The summed E-state index contributed by atoms with van der Waals surface area (Å²) in [5, 5.41) is 2.72. The van der Waals surface area contributed by atoms with Crippen LogP contribution in [0, 0.1) is 5.92 Å². The number of carbonyl (C=O) groups excluding carboxylic acids is 2. The fourth-order valence-electron chi connectivity index (χ4n) is 4.20.